The molecule has 2 atom stereocenters. The van der Waals surface area contributed by atoms with Crippen LogP contribution in [-0.2, 0) is 0 Å². The van der Waals surface area contributed by atoms with Crippen LogP contribution in [-0.4, -0.2) is 40.6 Å². The van der Waals surface area contributed by atoms with Gasteiger partial charge in [0.25, 0.3) is 0 Å². The minimum absolute atomic E-state index is 0.643. The van der Waals surface area contributed by atoms with E-state index in [-0.39, 0.29) is 0 Å². The molecule has 2 saturated heterocycles. The third-order valence-electron chi connectivity index (χ3n) is 4.08. The molecule has 16 heavy (non-hydrogen) atoms. The third kappa shape index (κ3) is 1.61. The summed E-state index contributed by atoms with van der Waals surface area (Å²) in [6.45, 7) is 2.58. The Hall–Kier alpha value is -1.03. The monoisotopic (exact) mass is 220 g/mol. The SMILES string of the molecule is CNc1nccn1C1CCN2CCCC2C1. The smallest absolute Gasteiger partial charge is 0.202 e. The summed E-state index contributed by atoms with van der Waals surface area (Å²) in [5, 5.41) is 3.17. The maximum Gasteiger partial charge on any atom is 0.202 e. The van der Waals surface area contributed by atoms with Gasteiger partial charge in [-0.05, 0) is 32.2 Å². The molecule has 3 heterocycles. The number of nitrogens with zero attached hydrogens (tertiary/aromatic N) is 3. The van der Waals surface area contributed by atoms with Crippen molar-refractivity contribution in [3.05, 3.63) is 12.4 Å². The Kier molecular flexibility index (Phi) is 2.59. The van der Waals surface area contributed by atoms with Crippen molar-refractivity contribution in [1.29, 1.82) is 0 Å². The van der Waals surface area contributed by atoms with Crippen LogP contribution in [0.4, 0.5) is 5.95 Å². The van der Waals surface area contributed by atoms with Crippen molar-refractivity contribution in [2.75, 3.05) is 25.5 Å². The molecule has 0 radical (unpaired) electrons. The molecule has 2 unspecified atom stereocenters. The molecule has 0 amide bonds. The van der Waals surface area contributed by atoms with Gasteiger partial charge in [0.2, 0.25) is 5.95 Å². The Morgan fingerprint density at radius 2 is 2.25 bits per heavy atom. The Balaban J connectivity index is 1.76. The van der Waals surface area contributed by atoms with Gasteiger partial charge in [-0.2, -0.15) is 0 Å². The number of hydrogen-bond donors (Lipinski definition) is 1. The van der Waals surface area contributed by atoms with E-state index in [1.54, 1.807) is 0 Å². The first-order valence-corrected chi connectivity index (χ1v) is 6.33. The van der Waals surface area contributed by atoms with Crippen LogP contribution in [0, 0.1) is 0 Å². The zero-order valence-corrected chi connectivity index (χ0v) is 9.89. The number of aromatic nitrogens is 2. The van der Waals surface area contributed by atoms with Crippen molar-refractivity contribution >= 4 is 5.95 Å². The van der Waals surface area contributed by atoms with Crippen molar-refractivity contribution in [3.63, 3.8) is 0 Å². The highest BCUT2D eigenvalue weighted by molar-refractivity contribution is 5.25. The first-order chi connectivity index (χ1) is 7.88. The van der Waals surface area contributed by atoms with E-state index < -0.39 is 0 Å². The van der Waals surface area contributed by atoms with Crippen molar-refractivity contribution in [3.8, 4) is 0 Å². The largest absolute Gasteiger partial charge is 0.359 e. The molecular formula is C12H20N4. The molecule has 88 valence electrons. The zero-order chi connectivity index (χ0) is 11.0. The zero-order valence-electron chi connectivity index (χ0n) is 9.89. The van der Waals surface area contributed by atoms with Gasteiger partial charge in [-0.15, -0.1) is 0 Å². The normalized spacial score (nSPS) is 30.3. The van der Waals surface area contributed by atoms with Gasteiger partial charge in [0.15, 0.2) is 0 Å². The number of rotatable bonds is 2. The van der Waals surface area contributed by atoms with Crippen LogP contribution in [0.2, 0.25) is 0 Å². The van der Waals surface area contributed by atoms with Crippen LogP contribution in [0.1, 0.15) is 31.7 Å². The molecule has 0 bridgehead atoms. The van der Waals surface area contributed by atoms with Crippen molar-refractivity contribution in [2.24, 2.45) is 0 Å². The van der Waals surface area contributed by atoms with Crippen molar-refractivity contribution in [2.45, 2.75) is 37.8 Å². The van der Waals surface area contributed by atoms with E-state index in [9.17, 15) is 0 Å². The Bertz CT molecular complexity index is 360. The highest BCUT2D eigenvalue weighted by Crippen LogP contribution is 2.34. The van der Waals surface area contributed by atoms with Gasteiger partial charge in [-0.3, -0.25) is 0 Å². The average Bonchev–Trinajstić information content (AvgIpc) is 2.96. The topological polar surface area (TPSA) is 33.1 Å². The van der Waals surface area contributed by atoms with Gasteiger partial charge in [-0.1, -0.05) is 0 Å². The summed E-state index contributed by atoms with van der Waals surface area (Å²) in [4.78, 5) is 6.99. The minimum atomic E-state index is 0.643. The fourth-order valence-electron chi connectivity index (χ4n) is 3.26. The highest BCUT2D eigenvalue weighted by atomic mass is 15.2. The molecule has 0 aromatic carbocycles. The molecule has 0 aliphatic carbocycles. The molecule has 1 aromatic rings. The lowest BCUT2D eigenvalue weighted by molar-refractivity contribution is 0.156. The van der Waals surface area contributed by atoms with Gasteiger partial charge in [0, 0.05) is 38.1 Å². The van der Waals surface area contributed by atoms with E-state index in [1.165, 1.54) is 38.8 Å². The molecule has 0 saturated carbocycles. The van der Waals surface area contributed by atoms with Crippen LogP contribution >= 0.6 is 0 Å². The summed E-state index contributed by atoms with van der Waals surface area (Å²) < 4.78 is 2.32. The summed E-state index contributed by atoms with van der Waals surface area (Å²) in [6, 6.07) is 1.47. The maximum absolute atomic E-state index is 4.33. The van der Waals surface area contributed by atoms with Crippen LogP contribution in [0.3, 0.4) is 0 Å². The van der Waals surface area contributed by atoms with Crippen LogP contribution in [0.25, 0.3) is 0 Å². The molecule has 2 aliphatic heterocycles. The number of fused-ring (bicyclic) bond motifs is 1. The lowest BCUT2D eigenvalue weighted by atomic mass is 9.97. The van der Waals surface area contributed by atoms with E-state index in [1.807, 2.05) is 13.2 Å². The lowest BCUT2D eigenvalue weighted by Gasteiger charge is -2.35. The molecule has 1 aromatic heterocycles. The first-order valence-electron chi connectivity index (χ1n) is 6.33. The molecule has 0 spiro atoms. The van der Waals surface area contributed by atoms with Gasteiger partial charge in [-0.25, -0.2) is 4.98 Å². The summed E-state index contributed by atoms with van der Waals surface area (Å²) in [5.41, 5.74) is 0. The second kappa shape index (κ2) is 4.09. The number of imidazole rings is 1. The number of hydrogen-bond acceptors (Lipinski definition) is 3. The predicted octanol–water partition coefficient (Wildman–Crippen LogP) is 1.72. The van der Waals surface area contributed by atoms with Gasteiger partial charge in [0.1, 0.15) is 0 Å². The van der Waals surface area contributed by atoms with Gasteiger partial charge < -0.3 is 14.8 Å². The molecule has 2 aliphatic rings. The van der Waals surface area contributed by atoms with Gasteiger partial charge >= 0.3 is 0 Å². The fraction of sp³-hybridized carbons (Fsp3) is 0.750. The molecule has 3 rings (SSSR count). The number of anilines is 1. The van der Waals surface area contributed by atoms with Crippen molar-refractivity contribution in [1.82, 2.24) is 14.5 Å². The Morgan fingerprint density at radius 1 is 1.31 bits per heavy atom. The standard InChI is InChI=1S/C12H20N4/c1-13-12-14-5-8-16(12)11-4-7-15-6-2-3-10(15)9-11/h5,8,10-11H,2-4,6-7,9H2,1H3,(H,13,14). The highest BCUT2D eigenvalue weighted by Gasteiger charge is 2.32. The lowest BCUT2D eigenvalue weighted by Crippen LogP contribution is -2.38. The van der Waals surface area contributed by atoms with E-state index in [4.69, 9.17) is 0 Å². The van der Waals surface area contributed by atoms with E-state index in [2.05, 4.69) is 26.0 Å². The van der Waals surface area contributed by atoms with E-state index in [0.29, 0.717) is 6.04 Å². The van der Waals surface area contributed by atoms with Crippen LogP contribution in [0.15, 0.2) is 12.4 Å². The molecular weight excluding hydrogens is 200 g/mol. The van der Waals surface area contributed by atoms with Crippen molar-refractivity contribution < 1.29 is 0 Å². The predicted molar refractivity (Wildman–Crippen MR) is 64.6 cm³/mol. The van der Waals surface area contributed by atoms with E-state index >= 15 is 0 Å². The number of nitrogens with one attached hydrogen (secondary N) is 1. The quantitative estimate of drug-likeness (QED) is 0.824. The van der Waals surface area contributed by atoms with Crippen LogP contribution < -0.4 is 5.32 Å². The maximum atomic E-state index is 4.33. The van der Waals surface area contributed by atoms with Crippen LogP contribution in [0.5, 0.6) is 0 Å². The second-order valence-corrected chi connectivity index (χ2v) is 4.92. The molecule has 4 heteroatoms. The Morgan fingerprint density at radius 3 is 3.12 bits per heavy atom. The third-order valence-corrected chi connectivity index (χ3v) is 4.08. The average molecular weight is 220 g/mol. The fourth-order valence-corrected chi connectivity index (χ4v) is 3.26. The summed E-state index contributed by atoms with van der Waals surface area (Å²) in [5.74, 6) is 1.01. The first kappa shape index (κ1) is 10.1. The summed E-state index contributed by atoms with van der Waals surface area (Å²) in [6.07, 6.45) is 9.35. The molecule has 2 fully saturated rings. The van der Waals surface area contributed by atoms with E-state index in [0.717, 1.165) is 12.0 Å². The molecule has 4 nitrogen and oxygen atoms in total. The summed E-state index contributed by atoms with van der Waals surface area (Å²) in [7, 11) is 1.95. The summed E-state index contributed by atoms with van der Waals surface area (Å²) >= 11 is 0. The number of piperidine rings is 1. The molecule has 1 N–H and O–H groups in total. The minimum Gasteiger partial charge on any atom is -0.359 e. The van der Waals surface area contributed by atoms with Gasteiger partial charge in [0.05, 0.1) is 0 Å². The second-order valence-electron chi connectivity index (χ2n) is 4.92. The Labute approximate surface area is 96.7 Å².